The summed E-state index contributed by atoms with van der Waals surface area (Å²) in [6.07, 6.45) is 0.948. The summed E-state index contributed by atoms with van der Waals surface area (Å²) in [6.45, 7) is 9.96. The molecule has 0 aliphatic carbocycles. The zero-order valence-corrected chi connectivity index (χ0v) is 12.9. The van der Waals surface area contributed by atoms with Crippen molar-refractivity contribution in [1.82, 2.24) is 20.3 Å². The average Bonchev–Trinajstić information content (AvgIpc) is 3.09. The molecule has 6 heteroatoms. The molecule has 116 valence electrons. The Bertz CT molecular complexity index is 500. The van der Waals surface area contributed by atoms with Gasteiger partial charge in [0.1, 0.15) is 0 Å². The standard InChI is InChI=1S/C15H24N4O2/c1-12-9-13(21-17-12)10-18-5-7-19(8-6-18)14(20)15(2)3-4-16-11-15/h9,16H,3-8,10-11H2,1-2H3. The van der Waals surface area contributed by atoms with Gasteiger partial charge in [0.2, 0.25) is 5.91 Å². The maximum absolute atomic E-state index is 12.6. The second kappa shape index (κ2) is 5.77. The second-order valence-electron chi connectivity index (χ2n) is 6.49. The SMILES string of the molecule is Cc1cc(CN2CCN(C(=O)C3(C)CCNC3)CC2)on1. The van der Waals surface area contributed by atoms with Crippen molar-refractivity contribution >= 4 is 5.91 Å². The van der Waals surface area contributed by atoms with Crippen molar-refractivity contribution in [1.29, 1.82) is 0 Å². The summed E-state index contributed by atoms with van der Waals surface area (Å²) in [4.78, 5) is 17.0. The third-order valence-electron chi connectivity index (χ3n) is 4.60. The van der Waals surface area contributed by atoms with E-state index in [0.29, 0.717) is 5.91 Å². The molecule has 3 heterocycles. The number of nitrogens with one attached hydrogen (secondary N) is 1. The van der Waals surface area contributed by atoms with Gasteiger partial charge < -0.3 is 14.7 Å². The lowest BCUT2D eigenvalue weighted by Gasteiger charge is -2.38. The molecule has 2 aliphatic rings. The predicted molar refractivity (Wildman–Crippen MR) is 78.7 cm³/mol. The lowest BCUT2D eigenvalue weighted by atomic mass is 9.88. The van der Waals surface area contributed by atoms with Crippen molar-refractivity contribution < 1.29 is 9.32 Å². The van der Waals surface area contributed by atoms with E-state index in [-0.39, 0.29) is 5.41 Å². The molecule has 1 aromatic heterocycles. The van der Waals surface area contributed by atoms with E-state index >= 15 is 0 Å². The van der Waals surface area contributed by atoms with Crippen LogP contribution in [0.4, 0.5) is 0 Å². The van der Waals surface area contributed by atoms with Crippen LogP contribution in [0.3, 0.4) is 0 Å². The Morgan fingerprint density at radius 2 is 2.19 bits per heavy atom. The van der Waals surface area contributed by atoms with Crippen LogP contribution >= 0.6 is 0 Å². The monoisotopic (exact) mass is 292 g/mol. The summed E-state index contributed by atoms with van der Waals surface area (Å²) in [6, 6.07) is 1.97. The van der Waals surface area contributed by atoms with Gasteiger partial charge in [-0.15, -0.1) is 0 Å². The number of aromatic nitrogens is 1. The summed E-state index contributed by atoms with van der Waals surface area (Å²) < 4.78 is 5.26. The van der Waals surface area contributed by atoms with Crippen LogP contribution in [-0.4, -0.2) is 60.1 Å². The van der Waals surface area contributed by atoms with Crippen LogP contribution in [0, 0.1) is 12.3 Å². The molecule has 0 aromatic carbocycles. The molecular formula is C15H24N4O2. The van der Waals surface area contributed by atoms with Gasteiger partial charge in [-0.2, -0.15) is 0 Å². The van der Waals surface area contributed by atoms with Crippen LogP contribution in [0.2, 0.25) is 0 Å². The second-order valence-corrected chi connectivity index (χ2v) is 6.49. The molecule has 6 nitrogen and oxygen atoms in total. The van der Waals surface area contributed by atoms with Gasteiger partial charge in [0.25, 0.3) is 0 Å². The predicted octanol–water partition coefficient (Wildman–Crippen LogP) is 0.627. The minimum Gasteiger partial charge on any atom is -0.360 e. The van der Waals surface area contributed by atoms with Gasteiger partial charge in [-0.1, -0.05) is 5.16 Å². The molecular weight excluding hydrogens is 268 g/mol. The normalized spacial score (nSPS) is 27.2. The zero-order valence-electron chi connectivity index (χ0n) is 12.9. The maximum Gasteiger partial charge on any atom is 0.229 e. The van der Waals surface area contributed by atoms with Gasteiger partial charge in [0, 0.05) is 38.8 Å². The lowest BCUT2D eigenvalue weighted by Crippen LogP contribution is -2.52. The topological polar surface area (TPSA) is 61.6 Å². The molecule has 1 unspecified atom stereocenters. The van der Waals surface area contributed by atoms with Gasteiger partial charge in [-0.3, -0.25) is 9.69 Å². The molecule has 2 fully saturated rings. The Morgan fingerprint density at radius 3 is 2.76 bits per heavy atom. The van der Waals surface area contributed by atoms with E-state index in [2.05, 4.69) is 22.3 Å². The molecule has 3 rings (SSSR count). The number of aryl methyl sites for hydroxylation is 1. The molecule has 0 bridgehead atoms. The van der Waals surface area contributed by atoms with Crippen molar-refractivity contribution in [2.24, 2.45) is 5.41 Å². The van der Waals surface area contributed by atoms with Crippen molar-refractivity contribution in [3.63, 3.8) is 0 Å². The lowest BCUT2D eigenvalue weighted by molar-refractivity contribution is -0.142. The fourth-order valence-electron chi connectivity index (χ4n) is 3.20. The van der Waals surface area contributed by atoms with Gasteiger partial charge in [-0.05, 0) is 26.8 Å². The van der Waals surface area contributed by atoms with E-state index in [0.717, 1.165) is 63.7 Å². The minimum absolute atomic E-state index is 0.204. The number of piperazine rings is 1. The quantitative estimate of drug-likeness (QED) is 0.885. The third-order valence-corrected chi connectivity index (χ3v) is 4.60. The van der Waals surface area contributed by atoms with Gasteiger partial charge in [0.15, 0.2) is 5.76 Å². The van der Waals surface area contributed by atoms with Crippen LogP contribution in [0.15, 0.2) is 10.6 Å². The molecule has 2 saturated heterocycles. The summed E-state index contributed by atoms with van der Waals surface area (Å²) in [5.41, 5.74) is 0.713. The highest BCUT2D eigenvalue weighted by molar-refractivity contribution is 5.83. The Labute approximate surface area is 125 Å². The van der Waals surface area contributed by atoms with Crippen LogP contribution in [-0.2, 0) is 11.3 Å². The number of nitrogens with zero attached hydrogens (tertiary/aromatic N) is 3. The fourth-order valence-corrected chi connectivity index (χ4v) is 3.20. The number of carbonyl (C=O) groups is 1. The van der Waals surface area contributed by atoms with Gasteiger partial charge in [0.05, 0.1) is 17.7 Å². The van der Waals surface area contributed by atoms with E-state index in [9.17, 15) is 4.79 Å². The Kier molecular flexibility index (Phi) is 3.99. The van der Waals surface area contributed by atoms with Crippen LogP contribution < -0.4 is 5.32 Å². The number of carbonyl (C=O) groups excluding carboxylic acids is 1. The minimum atomic E-state index is -0.204. The molecule has 1 N–H and O–H groups in total. The molecule has 0 radical (unpaired) electrons. The summed E-state index contributed by atoms with van der Waals surface area (Å²) in [5.74, 6) is 1.21. The molecule has 1 atom stereocenters. The maximum atomic E-state index is 12.6. The van der Waals surface area contributed by atoms with Crippen LogP contribution in [0.5, 0.6) is 0 Å². The number of hydrogen-bond acceptors (Lipinski definition) is 5. The van der Waals surface area contributed by atoms with E-state index in [1.165, 1.54) is 0 Å². The molecule has 2 aliphatic heterocycles. The summed E-state index contributed by atoms with van der Waals surface area (Å²) >= 11 is 0. The number of rotatable bonds is 3. The van der Waals surface area contributed by atoms with Crippen LogP contribution in [0.25, 0.3) is 0 Å². The summed E-state index contributed by atoms with van der Waals surface area (Å²) in [5, 5.41) is 7.21. The third kappa shape index (κ3) is 3.11. The van der Waals surface area contributed by atoms with Crippen molar-refractivity contribution in [3.8, 4) is 0 Å². The highest BCUT2D eigenvalue weighted by Gasteiger charge is 2.39. The Morgan fingerprint density at radius 1 is 1.43 bits per heavy atom. The summed E-state index contributed by atoms with van der Waals surface area (Å²) in [7, 11) is 0. The highest BCUT2D eigenvalue weighted by Crippen LogP contribution is 2.27. The van der Waals surface area contributed by atoms with E-state index in [1.807, 2.05) is 17.9 Å². The smallest absolute Gasteiger partial charge is 0.229 e. The zero-order chi connectivity index (χ0) is 14.9. The van der Waals surface area contributed by atoms with E-state index in [1.54, 1.807) is 0 Å². The van der Waals surface area contributed by atoms with Crippen molar-refractivity contribution in [2.75, 3.05) is 39.3 Å². The molecule has 0 spiro atoms. The van der Waals surface area contributed by atoms with E-state index < -0.39 is 0 Å². The van der Waals surface area contributed by atoms with E-state index in [4.69, 9.17) is 4.52 Å². The largest absolute Gasteiger partial charge is 0.360 e. The molecule has 0 saturated carbocycles. The van der Waals surface area contributed by atoms with Crippen molar-refractivity contribution in [2.45, 2.75) is 26.8 Å². The van der Waals surface area contributed by atoms with Gasteiger partial charge in [-0.25, -0.2) is 0 Å². The number of amides is 1. The van der Waals surface area contributed by atoms with Gasteiger partial charge >= 0.3 is 0 Å². The first-order chi connectivity index (χ1) is 10.1. The first-order valence-corrected chi connectivity index (χ1v) is 7.71. The average molecular weight is 292 g/mol. The Balaban J connectivity index is 1.52. The Hall–Kier alpha value is -1.40. The highest BCUT2D eigenvalue weighted by atomic mass is 16.5. The first kappa shape index (κ1) is 14.5. The molecule has 1 amide bonds. The molecule has 21 heavy (non-hydrogen) atoms. The van der Waals surface area contributed by atoms with Crippen molar-refractivity contribution in [3.05, 3.63) is 17.5 Å². The first-order valence-electron chi connectivity index (χ1n) is 7.71. The molecule has 1 aromatic rings. The van der Waals surface area contributed by atoms with Crippen LogP contribution in [0.1, 0.15) is 24.8 Å². The number of hydrogen-bond donors (Lipinski definition) is 1. The fraction of sp³-hybridized carbons (Fsp3) is 0.733.